The van der Waals surface area contributed by atoms with Crippen LogP contribution in [-0.2, 0) is 6.61 Å². The van der Waals surface area contributed by atoms with Gasteiger partial charge in [-0.15, -0.1) is 0 Å². The summed E-state index contributed by atoms with van der Waals surface area (Å²) in [6, 6.07) is 9.32. The van der Waals surface area contributed by atoms with Crippen molar-refractivity contribution in [2.75, 3.05) is 5.73 Å². The monoisotopic (exact) mass is 326 g/mol. The highest BCUT2D eigenvalue weighted by atomic mass is 79.9. The van der Waals surface area contributed by atoms with Crippen LogP contribution < -0.4 is 10.5 Å². The summed E-state index contributed by atoms with van der Waals surface area (Å²) in [5.41, 5.74) is 7.54. The van der Waals surface area contributed by atoms with Gasteiger partial charge in [0, 0.05) is 20.8 Å². The maximum absolute atomic E-state index is 6.10. The van der Waals surface area contributed by atoms with E-state index in [4.69, 9.17) is 22.1 Å². The second-order valence-electron chi connectivity index (χ2n) is 3.86. The molecule has 94 valence electrons. The summed E-state index contributed by atoms with van der Waals surface area (Å²) in [5, 5.41) is 0.656. The third-order valence-electron chi connectivity index (χ3n) is 2.42. The lowest BCUT2D eigenvalue weighted by Gasteiger charge is -2.10. The molecular weight excluding hydrogens is 316 g/mol. The van der Waals surface area contributed by atoms with Crippen molar-refractivity contribution in [1.82, 2.24) is 4.98 Å². The van der Waals surface area contributed by atoms with E-state index in [0.717, 1.165) is 15.7 Å². The first kappa shape index (κ1) is 13.2. The molecule has 0 aliphatic heterocycles. The number of hydrogen-bond donors (Lipinski definition) is 1. The highest BCUT2D eigenvalue weighted by Crippen LogP contribution is 2.24. The number of halogens is 2. The minimum Gasteiger partial charge on any atom is -0.485 e. The van der Waals surface area contributed by atoms with Crippen LogP contribution in [0.3, 0.4) is 0 Å². The van der Waals surface area contributed by atoms with Gasteiger partial charge in [-0.05, 0) is 31.2 Å². The van der Waals surface area contributed by atoms with Crippen LogP contribution in [0.5, 0.6) is 5.75 Å². The van der Waals surface area contributed by atoms with Gasteiger partial charge in [0.05, 0.1) is 0 Å². The molecule has 0 atom stereocenters. The molecular formula is C13H12BrClN2O. The van der Waals surface area contributed by atoms with E-state index in [2.05, 4.69) is 20.9 Å². The molecule has 0 aliphatic carbocycles. The van der Waals surface area contributed by atoms with Crippen molar-refractivity contribution in [3.05, 3.63) is 51.1 Å². The second-order valence-corrected chi connectivity index (χ2v) is 5.18. The number of rotatable bonds is 3. The Labute approximate surface area is 119 Å². The predicted octanol–water partition coefficient (Wildman–Crippen LogP) is 3.97. The van der Waals surface area contributed by atoms with Crippen LogP contribution in [0.2, 0.25) is 5.02 Å². The molecule has 0 radical (unpaired) electrons. The molecule has 2 N–H and O–H groups in total. The largest absolute Gasteiger partial charge is 0.485 e. The lowest BCUT2D eigenvalue weighted by atomic mass is 10.2. The standard InChI is InChI=1S/C13H12BrClN2O/c1-8-2-5-12(13(16)17-8)18-7-9-3-4-10(14)6-11(9)15/h2-6H,7H2,1H3,(H2,16,17). The Morgan fingerprint density at radius 2 is 2.11 bits per heavy atom. The van der Waals surface area contributed by atoms with Gasteiger partial charge < -0.3 is 10.5 Å². The normalized spacial score (nSPS) is 10.4. The van der Waals surface area contributed by atoms with Gasteiger partial charge in [-0.1, -0.05) is 33.6 Å². The van der Waals surface area contributed by atoms with Crippen LogP contribution in [0.25, 0.3) is 0 Å². The molecule has 2 aromatic rings. The molecule has 3 nitrogen and oxygen atoms in total. The summed E-state index contributed by atoms with van der Waals surface area (Å²) < 4.78 is 6.55. The van der Waals surface area contributed by atoms with Crippen molar-refractivity contribution in [3.8, 4) is 5.75 Å². The average Bonchev–Trinajstić information content (AvgIpc) is 2.30. The number of benzene rings is 1. The molecule has 0 unspecified atom stereocenters. The van der Waals surface area contributed by atoms with Crippen molar-refractivity contribution in [2.24, 2.45) is 0 Å². The Kier molecular flexibility index (Phi) is 4.09. The summed E-state index contributed by atoms with van der Waals surface area (Å²) in [6.45, 7) is 2.24. The van der Waals surface area contributed by atoms with E-state index in [-0.39, 0.29) is 0 Å². The van der Waals surface area contributed by atoms with Gasteiger partial charge in [-0.3, -0.25) is 0 Å². The van der Waals surface area contributed by atoms with E-state index >= 15 is 0 Å². The van der Waals surface area contributed by atoms with E-state index in [1.54, 1.807) is 0 Å². The lowest BCUT2D eigenvalue weighted by molar-refractivity contribution is 0.307. The van der Waals surface area contributed by atoms with Crippen LogP contribution in [0, 0.1) is 6.92 Å². The predicted molar refractivity (Wildman–Crippen MR) is 76.9 cm³/mol. The van der Waals surface area contributed by atoms with Gasteiger partial charge in [-0.25, -0.2) is 4.98 Å². The summed E-state index contributed by atoms with van der Waals surface area (Å²) in [4.78, 5) is 4.13. The molecule has 1 aromatic heterocycles. The molecule has 2 rings (SSSR count). The fraction of sp³-hybridized carbons (Fsp3) is 0.154. The van der Waals surface area contributed by atoms with E-state index in [9.17, 15) is 0 Å². The third kappa shape index (κ3) is 3.15. The number of nitrogens with zero attached hydrogens (tertiary/aromatic N) is 1. The van der Waals surface area contributed by atoms with Gasteiger partial charge in [0.2, 0.25) is 0 Å². The number of hydrogen-bond acceptors (Lipinski definition) is 3. The van der Waals surface area contributed by atoms with Crippen molar-refractivity contribution in [1.29, 1.82) is 0 Å². The van der Waals surface area contributed by atoms with Crippen molar-refractivity contribution < 1.29 is 4.74 Å². The summed E-state index contributed by atoms with van der Waals surface area (Å²) in [6.07, 6.45) is 0. The summed E-state index contributed by atoms with van der Waals surface area (Å²) in [7, 11) is 0. The molecule has 0 aliphatic rings. The van der Waals surface area contributed by atoms with E-state index in [0.29, 0.717) is 23.2 Å². The minimum atomic E-state index is 0.362. The molecule has 1 aromatic carbocycles. The van der Waals surface area contributed by atoms with Gasteiger partial charge in [0.15, 0.2) is 11.6 Å². The van der Waals surface area contributed by atoms with Crippen molar-refractivity contribution >= 4 is 33.3 Å². The quantitative estimate of drug-likeness (QED) is 0.928. The van der Waals surface area contributed by atoms with Gasteiger partial charge in [0.1, 0.15) is 6.61 Å². The average molecular weight is 328 g/mol. The van der Waals surface area contributed by atoms with Gasteiger partial charge in [0.25, 0.3) is 0 Å². The molecule has 0 saturated heterocycles. The van der Waals surface area contributed by atoms with Crippen molar-refractivity contribution in [2.45, 2.75) is 13.5 Å². The summed E-state index contributed by atoms with van der Waals surface area (Å²) >= 11 is 9.46. The number of nitrogens with two attached hydrogens (primary N) is 1. The molecule has 0 spiro atoms. The Balaban J connectivity index is 2.11. The number of nitrogen functional groups attached to an aromatic ring is 1. The maximum atomic E-state index is 6.10. The Morgan fingerprint density at radius 3 is 2.78 bits per heavy atom. The van der Waals surface area contributed by atoms with Crippen LogP contribution in [-0.4, -0.2) is 4.98 Å². The maximum Gasteiger partial charge on any atom is 0.166 e. The molecule has 5 heteroatoms. The Hall–Kier alpha value is -1.26. The van der Waals surface area contributed by atoms with Crippen LogP contribution >= 0.6 is 27.5 Å². The van der Waals surface area contributed by atoms with E-state index in [1.165, 1.54) is 0 Å². The van der Waals surface area contributed by atoms with Crippen LogP contribution in [0.1, 0.15) is 11.3 Å². The first-order valence-electron chi connectivity index (χ1n) is 5.36. The number of pyridine rings is 1. The fourth-order valence-electron chi connectivity index (χ4n) is 1.48. The highest BCUT2D eigenvalue weighted by Gasteiger charge is 2.05. The first-order valence-corrected chi connectivity index (χ1v) is 6.53. The molecule has 0 saturated carbocycles. The second kappa shape index (κ2) is 5.59. The Bertz CT molecular complexity index is 523. The minimum absolute atomic E-state index is 0.362. The van der Waals surface area contributed by atoms with Gasteiger partial charge >= 0.3 is 0 Å². The topological polar surface area (TPSA) is 48.1 Å². The number of ether oxygens (including phenoxy) is 1. The summed E-state index contributed by atoms with van der Waals surface area (Å²) in [5.74, 6) is 0.961. The van der Waals surface area contributed by atoms with Crippen LogP contribution in [0.4, 0.5) is 5.82 Å². The number of aryl methyl sites for hydroxylation is 1. The van der Waals surface area contributed by atoms with Crippen molar-refractivity contribution in [3.63, 3.8) is 0 Å². The van der Waals surface area contributed by atoms with E-state index in [1.807, 2.05) is 37.3 Å². The molecule has 0 amide bonds. The zero-order valence-corrected chi connectivity index (χ0v) is 12.1. The SMILES string of the molecule is Cc1ccc(OCc2ccc(Br)cc2Cl)c(N)n1. The molecule has 18 heavy (non-hydrogen) atoms. The zero-order valence-electron chi connectivity index (χ0n) is 9.78. The number of aromatic nitrogens is 1. The molecule has 0 bridgehead atoms. The molecule has 1 heterocycles. The number of anilines is 1. The smallest absolute Gasteiger partial charge is 0.166 e. The lowest BCUT2D eigenvalue weighted by Crippen LogP contribution is -2.01. The molecule has 0 fully saturated rings. The zero-order chi connectivity index (χ0) is 13.1. The highest BCUT2D eigenvalue weighted by molar-refractivity contribution is 9.10. The van der Waals surface area contributed by atoms with Crippen LogP contribution in [0.15, 0.2) is 34.8 Å². The first-order chi connectivity index (χ1) is 8.56. The van der Waals surface area contributed by atoms with E-state index < -0.39 is 0 Å². The Morgan fingerprint density at radius 1 is 1.33 bits per heavy atom. The van der Waals surface area contributed by atoms with Gasteiger partial charge in [-0.2, -0.15) is 0 Å². The third-order valence-corrected chi connectivity index (χ3v) is 3.27. The fourth-order valence-corrected chi connectivity index (χ4v) is 2.21.